The molecule has 1 unspecified atom stereocenters. The molecule has 23 heavy (non-hydrogen) atoms. The maximum atomic E-state index is 12.8. The van der Waals surface area contributed by atoms with Crippen molar-refractivity contribution < 1.29 is 4.79 Å². The zero-order valence-electron chi connectivity index (χ0n) is 14.1. The van der Waals surface area contributed by atoms with Crippen LogP contribution < -0.4 is 5.32 Å². The molecule has 1 aromatic rings. The number of rotatable bonds is 1. The lowest BCUT2D eigenvalue weighted by Crippen LogP contribution is -2.56. The van der Waals surface area contributed by atoms with Crippen LogP contribution in [0.5, 0.6) is 0 Å². The van der Waals surface area contributed by atoms with Crippen LogP contribution in [0.1, 0.15) is 56.4 Å². The van der Waals surface area contributed by atoms with Crippen molar-refractivity contribution in [3.63, 3.8) is 0 Å². The minimum absolute atomic E-state index is 0.0286. The number of hydrogen-bond donors (Lipinski definition) is 1. The number of amides is 1. The lowest BCUT2D eigenvalue weighted by atomic mass is 9.42. The summed E-state index contributed by atoms with van der Waals surface area (Å²) in [5, 5.41) is 3.11. The maximum Gasteiger partial charge on any atom is 0.232 e. The summed E-state index contributed by atoms with van der Waals surface area (Å²) in [6, 6.07) is 0. The van der Waals surface area contributed by atoms with Gasteiger partial charge in [0.15, 0.2) is 0 Å². The summed E-state index contributed by atoms with van der Waals surface area (Å²) >= 11 is 0. The zero-order chi connectivity index (χ0) is 15.9. The molecule has 1 aliphatic heterocycles. The second-order valence-corrected chi connectivity index (χ2v) is 8.64. The van der Waals surface area contributed by atoms with Crippen molar-refractivity contribution in [3.8, 4) is 0 Å². The van der Waals surface area contributed by atoms with E-state index in [0.29, 0.717) is 17.3 Å². The quantitative estimate of drug-likeness (QED) is 0.852. The Bertz CT molecular complexity index is 748. The molecule has 0 spiro atoms. The molecule has 0 saturated heterocycles. The van der Waals surface area contributed by atoms with Crippen LogP contribution in [-0.4, -0.2) is 10.9 Å². The van der Waals surface area contributed by atoms with E-state index in [-0.39, 0.29) is 11.8 Å². The molecule has 3 nitrogen and oxygen atoms in total. The van der Waals surface area contributed by atoms with Crippen LogP contribution >= 0.6 is 0 Å². The fourth-order valence-electron chi connectivity index (χ4n) is 6.03. The normalized spacial score (nSPS) is 38.7. The number of allylic oxidation sites excluding steroid dienone is 1. The van der Waals surface area contributed by atoms with Crippen molar-refractivity contribution in [2.24, 2.45) is 29.1 Å². The molecule has 0 radical (unpaired) electrons. The Morgan fingerprint density at radius 2 is 2.13 bits per heavy atom. The van der Waals surface area contributed by atoms with Gasteiger partial charge in [0.2, 0.25) is 5.91 Å². The van der Waals surface area contributed by atoms with E-state index in [1.165, 1.54) is 24.0 Å². The summed E-state index contributed by atoms with van der Waals surface area (Å²) in [5.74, 6) is 2.89. The van der Waals surface area contributed by atoms with Gasteiger partial charge < -0.3 is 5.32 Å². The highest BCUT2D eigenvalue weighted by atomic mass is 16.2. The van der Waals surface area contributed by atoms with E-state index in [1.807, 2.05) is 6.20 Å². The maximum absolute atomic E-state index is 12.8. The van der Waals surface area contributed by atoms with Crippen LogP contribution in [0, 0.1) is 29.1 Å². The monoisotopic (exact) mass is 308 g/mol. The van der Waals surface area contributed by atoms with E-state index in [4.69, 9.17) is 0 Å². The van der Waals surface area contributed by atoms with Gasteiger partial charge in [0.25, 0.3) is 0 Å². The van der Waals surface area contributed by atoms with Gasteiger partial charge >= 0.3 is 0 Å². The average molecular weight is 308 g/mol. The highest BCUT2D eigenvalue weighted by Gasteiger charge is 2.59. The number of hydrogen-bond acceptors (Lipinski definition) is 2. The Hall–Kier alpha value is -1.64. The van der Waals surface area contributed by atoms with Crippen LogP contribution in [0.15, 0.2) is 12.3 Å². The molecule has 1 N–H and O–H groups in total. The summed E-state index contributed by atoms with van der Waals surface area (Å²) in [4.78, 5) is 17.3. The summed E-state index contributed by atoms with van der Waals surface area (Å²) in [6.07, 6.45) is 9.68. The van der Waals surface area contributed by atoms with Gasteiger partial charge in [-0.2, -0.15) is 0 Å². The van der Waals surface area contributed by atoms with Crippen LogP contribution in [0.4, 0.5) is 5.69 Å². The molecule has 3 heteroatoms. The molecular formula is C20H24N2O. The first-order chi connectivity index (χ1) is 11.0. The standard InChI is InChI=1S/C20H24N2O/c1-10-13(7-11-8-14(10)20(11,2)3)18-17-12-5-4-6-15(12)21-9-16(17)22-19(18)23/h4-5,9-11,13-14,18H,6-8H2,1-3H3,(H,22,23)/t10-,11+,13+,14+,18?/m0/s1. The Balaban J connectivity index is 1.58. The first kappa shape index (κ1) is 13.8. The van der Waals surface area contributed by atoms with E-state index >= 15 is 0 Å². The Morgan fingerprint density at radius 1 is 1.30 bits per heavy atom. The van der Waals surface area contributed by atoms with E-state index < -0.39 is 0 Å². The minimum Gasteiger partial charge on any atom is -0.324 e. The Morgan fingerprint density at radius 3 is 2.87 bits per heavy atom. The first-order valence-corrected chi connectivity index (χ1v) is 8.97. The van der Waals surface area contributed by atoms with E-state index in [1.54, 1.807) is 0 Å². The fraction of sp³-hybridized carbons (Fsp3) is 0.600. The molecule has 2 heterocycles. The number of nitrogens with zero attached hydrogens (tertiary/aromatic N) is 1. The lowest BCUT2D eigenvalue weighted by Gasteiger charge is -2.63. The van der Waals surface area contributed by atoms with Gasteiger partial charge in [-0.1, -0.05) is 32.9 Å². The predicted molar refractivity (Wildman–Crippen MR) is 91.0 cm³/mol. The van der Waals surface area contributed by atoms with Gasteiger partial charge in [-0.05, 0) is 47.5 Å². The Kier molecular flexibility index (Phi) is 2.55. The van der Waals surface area contributed by atoms with Crippen molar-refractivity contribution >= 4 is 17.7 Å². The van der Waals surface area contributed by atoms with Crippen LogP contribution in [0.2, 0.25) is 0 Å². The molecule has 3 saturated carbocycles. The third kappa shape index (κ3) is 1.61. The lowest BCUT2D eigenvalue weighted by molar-refractivity contribution is -0.142. The van der Waals surface area contributed by atoms with Crippen molar-refractivity contribution in [1.82, 2.24) is 4.98 Å². The van der Waals surface area contributed by atoms with Crippen LogP contribution in [0.3, 0.4) is 0 Å². The molecule has 4 aliphatic carbocycles. The largest absolute Gasteiger partial charge is 0.324 e. The molecule has 5 atom stereocenters. The predicted octanol–water partition coefficient (Wildman–Crippen LogP) is 4.00. The topological polar surface area (TPSA) is 42.0 Å². The van der Waals surface area contributed by atoms with Gasteiger partial charge in [0.1, 0.15) is 0 Å². The van der Waals surface area contributed by atoms with E-state index in [0.717, 1.165) is 29.6 Å². The number of carbonyl (C=O) groups excluding carboxylic acids is 1. The molecule has 5 aliphatic rings. The zero-order valence-corrected chi connectivity index (χ0v) is 14.1. The second kappa shape index (κ2) is 4.25. The smallest absolute Gasteiger partial charge is 0.232 e. The fourth-order valence-corrected chi connectivity index (χ4v) is 6.03. The van der Waals surface area contributed by atoms with Crippen LogP contribution in [0.25, 0.3) is 6.08 Å². The summed E-state index contributed by atoms with van der Waals surface area (Å²) in [6.45, 7) is 7.23. The van der Waals surface area contributed by atoms with Gasteiger partial charge in [0, 0.05) is 12.0 Å². The first-order valence-electron chi connectivity index (χ1n) is 8.97. The van der Waals surface area contributed by atoms with Gasteiger partial charge in [-0.15, -0.1) is 0 Å². The van der Waals surface area contributed by atoms with Crippen LogP contribution in [-0.2, 0) is 11.2 Å². The summed E-state index contributed by atoms with van der Waals surface area (Å²) < 4.78 is 0. The van der Waals surface area contributed by atoms with Crippen molar-refractivity contribution in [2.45, 2.75) is 46.0 Å². The molecule has 6 rings (SSSR count). The molecule has 3 fully saturated rings. The third-order valence-electron chi connectivity index (χ3n) is 7.53. The van der Waals surface area contributed by atoms with Gasteiger partial charge in [-0.3, -0.25) is 9.78 Å². The number of pyridine rings is 1. The average Bonchev–Trinajstić information content (AvgIpc) is 3.09. The SMILES string of the molecule is C[C@@H]1[C@H]2C[C@@H](C[C@H]1C1C(=O)Nc3cnc4c(c31)C=CC4)C2(C)C. The minimum atomic E-state index is 0.0286. The molecular weight excluding hydrogens is 284 g/mol. The van der Waals surface area contributed by atoms with E-state index in [2.05, 4.69) is 43.2 Å². The molecule has 120 valence electrons. The summed E-state index contributed by atoms with van der Waals surface area (Å²) in [5.41, 5.74) is 5.02. The highest BCUT2D eigenvalue weighted by molar-refractivity contribution is 6.04. The van der Waals surface area contributed by atoms with E-state index in [9.17, 15) is 4.79 Å². The highest BCUT2D eigenvalue weighted by Crippen LogP contribution is 2.65. The van der Waals surface area contributed by atoms with Crippen molar-refractivity contribution in [3.05, 3.63) is 29.1 Å². The number of carbonyl (C=O) groups is 1. The number of anilines is 1. The molecule has 2 bridgehead atoms. The van der Waals surface area contributed by atoms with Crippen molar-refractivity contribution in [2.75, 3.05) is 5.32 Å². The number of nitrogens with one attached hydrogen (secondary N) is 1. The number of aromatic nitrogens is 1. The third-order valence-corrected chi connectivity index (χ3v) is 7.53. The van der Waals surface area contributed by atoms with Crippen molar-refractivity contribution in [1.29, 1.82) is 0 Å². The number of fused-ring (bicyclic) bond motifs is 5. The molecule has 1 amide bonds. The van der Waals surface area contributed by atoms with Gasteiger partial charge in [-0.25, -0.2) is 0 Å². The molecule has 1 aromatic heterocycles. The second-order valence-electron chi connectivity index (χ2n) is 8.64. The molecule has 0 aromatic carbocycles. The van der Waals surface area contributed by atoms with Gasteiger partial charge in [0.05, 0.1) is 23.5 Å². The Labute approximate surface area is 137 Å². The summed E-state index contributed by atoms with van der Waals surface area (Å²) in [7, 11) is 0.